The van der Waals surface area contributed by atoms with Gasteiger partial charge in [-0.3, -0.25) is 9.36 Å². The Hall–Kier alpha value is -3.22. The summed E-state index contributed by atoms with van der Waals surface area (Å²) in [5, 5.41) is 5.59. The van der Waals surface area contributed by atoms with Gasteiger partial charge >= 0.3 is 0 Å². The smallest absolute Gasteiger partial charge is 0.266 e. The summed E-state index contributed by atoms with van der Waals surface area (Å²) in [7, 11) is 0. The summed E-state index contributed by atoms with van der Waals surface area (Å²) < 4.78 is 3.04. The Morgan fingerprint density at radius 1 is 0.964 bits per heavy atom. The second-order valence-corrected chi connectivity index (χ2v) is 6.99. The summed E-state index contributed by atoms with van der Waals surface area (Å²) in [4.78, 5) is 22.2. The highest BCUT2D eigenvalue weighted by Crippen LogP contribution is 2.28. The zero-order chi connectivity index (χ0) is 19.3. The molecule has 0 bridgehead atoms. The lowest BCUT2D eigenvalue weighted by Gasteiger charge is -2.12. The first-order chi connectivity index (χ1) is 13.6. The van der Waals surface area contributed by atoms with Crippen LogP contribution in [-0.2, 0) is 0 Å². The molecule has 28 heavy (non-hydrogen) atoms. The average Bonchev–Trinajstić information content (AvgIpc) is 3.18. The van der Waals surface area contributed by atoms with E-state index in [-0.39, 0.29) is 5.56 Å². The van der Waals surface area contributed by atoms with E-state index in [2.05, 4.69) is 15.1 Å². The number of rotatable bonds is 2. The lowest BCUT2D eigenvalue weighted by Crippen LogP contribution is -2.20. The largest absolute Gasteiger partial charge is 0.282 e. The fourth-order valence-corrected chi connectivity index (χ4v) is 3.62. The zero-order valence-electron chi connectivity index (χ0n) is 14.3. The number of pyridine rings is 1. The summed E-state index contributed by atoms with van der Waals surface area (Å²) >= 11 is 12.4. The first kappa shape index (κ1) is 16.9. The van der Waals surface area contributed by atoms with E-state index in [0.29, 0.717) is 38.1 Å². The Labute approximate surface area is 168 Å². The van der Waals surface area contributed by atoms with E-state index in [1.807, 2.05) is 30.3 Å². The standard InChI is InChI=1S/C20H11Cl2N5O/c21-13-6-7-14(22)16(10-13)26-9-8-15-17(19(26)28)18(12-4-2-1-3-5-12)27-20(25-15)23-11-24-27/h1-11H. The molecule has 2 aromatic carbocycles. The van der Waals surface area contributed by atoms with Gasteiger partial charge in [0.1, 0.15) is 6.33 Å². The van der Waals surface area contributed by atoms with Crippen molar-refractivity contribution in [1.82, 2.24) is 24.1 Å². The van der Waals surface area contributed by atoms with E-state index < -0.39 is 0 Å². The van der Waals surface area contributed by atoms with Gasteiger partial charge in [-0.2, -0.15) is 14.6 Å². The van der Waals surface area contributed by atoms with Gasteiger partial charge in [0, 0.05) is 16.8 Å². The molecule has 0 fully saturated rings. The number of fused-ring (bicyclic) bond motifs is 2. The Morgan fingerprint density at radius 2 is 1.79 bits per heavy atom. The van der Waals surface area contributed by atoms with Crippen LogP contribution in [0, 0.1) is 0 Å². The Bertz CT molecular complexity index is 1410. The molecule has 0 saturated heterocycles. The van der Waals surface area contributed by atoms with Crippen LogP contribution in [0.3, 0.4) is 0 Å². The van der Waals surface area contributed by atoms with Gasteiger partial charge in [-0.15, -0.1) is 0 Å². The minimum atomic E-state index is -0.273. The van der Waals surface area contributed by atoms with E-state index in [4.69, 9.17) is 23.2 Å². The Kier molecular flexibility index (Phi) is 3.89. The van der Waals surface area contributed by atoms with Gasteiger partial charge < -0.3 is 0 Å². The molecule has 3 heterocycles. The molecule has 0 N–H and O–H groups in total. The molecule has 0 aliphatic heterocycles. The summed E-state index contributed by atoms with van der Waals surface area (Å²) in [6, 6.07) is 16.3. The second kappa shape index (κ2) is 6.44. The third-order valence-corrected chi connectivity index (χ3v) is 5.04. The number of benzene rings is 2. The highest BCUT2D eigenvalue weighted by molar-refractivity contribution is 6.34. The molecule has 136 valence electrons. The Morgan fingerprint density at radius 3 is 2.61 bits per heavy atom. The van der Waals surface area contributed by atoms with Crippen LogP contribution in [0.4, 0.5) is 0 Å². The summed E-state index contributed by atoms with van der Waals surface area (Å²) in [5.41, 5.74) is 2.20. The van der Waals surface area contributed by atoms with Crippen molar-refractivity contribution in [3.63, 3.8) is 0 Å². The zero-order valence-corrected chi connectivity index (χ0v) is 15.8. The van der Waals surface area contributed by atoms with Crippen LogP contribution in [0.1, 0.15) is 0 Å². The Balaban J connectivity index is 1.94. The van der Waals surface area contributed by atoms with Gasteiger partial charge in [0.2, 0.25) is 0 Å². The maximum atomic E-state index is 13.5. The van der Waals surface area contributed by atoms with E-state index >= 15 is 0 Å². The van der Waals surface area contributed by atoms with E-state index in [1.165, 1.54) is 10.9 Å². The predicted molar refractivity (Wildman–Crippen MR) is 109 cm³/mol. The van der Waals surface area contributed by atoms with Gasteiger partial charge in [-0.25, -0.2) is 4.98 Å². The van der Waals surface area contributed by atoms with Crippen molar-refractivity contribution in [3.8, 4) is 16.9 Å². The average molecular weight is 408 g/mol. The molecule has 5 aromatic rings. The summed E-state index contributed by atoms with van der Waals surface area (Å²) in [6.07, 6.45) is 3.05. The number of halogens is 2. The number of aromatic nitrogens is 5. The van der Waals surface area contributed by atoms with Crippen molar-refractivity contribution in [2.45, 2.75) is 0 Å². The lowest BCUT2D eigenvalue weighted by molar-refractivity contribution is 0.948. The van der Waals surface area contributed by atoms with Gasteiger partial charge in [-0.05, 0) is 24.3 Å². The predicted octanol–water partition coefficient (Wildman–Crippen LogP) is 4.40. The fourth-order valence-electron chi connectivity index (χ4n) is 3.25. The van der Waals surface area contributed by atoms with E-state index in [1.54, 1.807) is 35.0 Å². The SMILES string of the molecule is O=c1c2c(-c3ccccc3)n3ncnc3nc2ccn1-c1cc(Cl)ccc1Cl. The molecule has 0 aliphatic carbocycles. The van der Waals surface area contributed by atoms with Crippen LogP contribution in [0.25, 0.3) is 33.6 Å². The van der Waals surface area contributed by atoms with Gasteiger partial charge in [0.05, 0.1) is 27.3 Å². The summed E-state index contributed by atoms with van der Waals surface area (Å²) in [5.74, 6) is 0.421. The van der Waals surface area contributed by atoms with Crippen LogP contribution in [0.15, 0.2) is 71.9 Å². The van der Waals surface area contributed by atoms with Gasteiger partial charge in [0.25, 0.3) is 11.3 Å². The van der Waals surface area contributed by atoms with Crippen molar-refractivity contribution < 1.29 is 0 Å². The molecule has 0 saturated carbocycles. The highest BCUT2D eigenvalue weighted by atomic mass is 35.5. The van der Waals surface area contributed by atoms with Crippen LogP contribution in [-0.4, -0.2) is 24.1 Å². The third kappa shape index (κ3) is 2.58. The van der Waals surface area contributed by atoms with Crippen LogP contribution in [0.2, 0.25) is 10.0 Å². The van der Waals surface area contributed by atoms with Crippen LogP contribution in [0.5, 0.6) is 0 Å². The third-order valence-electron chi connectivity index (χ3n) is 4.48. The van der Waals surface area contributed by atoms with Crippen molar-refractivity contribution in [2.75, 3.05) is 0 Å². The molecule has 5 rings (SSSR count). The fraction of sp³-hybridized carbons (Fsp3) is 0. The highest BCUT2D eigenvalue weighted by Gasteiger charge is 2.18. The summed E-state index contributed by atoms with van der Waals surface area (Å²) in [6.45, 7) is 0. The molecule has 0 radical (unpaired) electrons. The molecule has 6 nitrogen and oxygen atoms in total. The molecule has 0 spiro atoms. The van der Waals surface area contributed by atoms with E-state index in [0.717, 1.165) is 5.56 Å². The minimum Gasteiger partial charge on any atom is -0.282 e. The minimum absolute atomic E-state index is 0.273. The van der Waals surface area contributed by atoms with E-state index in [9.17, 15) is 4.79 Å². The van der Waals surface area contributed by atoms with Crippen molar-refractivity contribution >= 4 is 39.9 Å². The molecule has 3 aromatic heterocycles. The van der Waals surface area contributed by atoms with Gasteiger partial charge in [0.15, 0.2) is 0 Å². The van der Waals surface area contributed by atoms with Crippen molar-refractivity contribution in [2.24, 2.45) is 0 Å². The van der Waals surface area contributed by atoms with Crippen molar-refractivity contribution in [3.05, 3.63) is 87.5 Å². The van der Waals surface area contributed by atoms with Crippen molar-refractivity contribution in [1.29, 1.82) is 0 Å². The number of hydrogen-bond acceptors (Lipinski definition) is 4. The number of nitrogens with zero attached hydrogens (tertiary/aromatic N) is 5. The molecular weight excluding hydrogens is 397 g/mol. The molecule has 8 heteroatoms. The quantitative estimate of drug-likeness (QED) is 0.434. The second-order valence-electron chi connectivity index (χ2n) is 6.15. The van der Waals surface area contributed by atoms with Crippen LogP contribution >= 0.6 is 23.2 Å². The number of hydrogen-bond donors (Lipinski definition) is 0. The molecule has 0 amide bonds. The molecule has 0 atom stereocenters. The first-order valence-corrected chi connectivity index (χ1v) is 9.15. The molecular formula is C20H11Cl2N5O. The maximum absolute atomic E-state index is 13.5. The molecule has 0 aliphatic rings. The lowest BCUT2D eigenvalue weighted by atomic mass is 10.1. The normalized spacial score (nSPS) is 11.4. The first-order valence-electron chi connectivity index (χ1n) is 8.39. The molecule has 0 unspecified atom stereocenters. The maximum Gasteiger partial charge on any atom is 0.266 e. The topological polar surface area (TPSA) is 65.1 Å². The van der Waals surface area contributed by atoms with Gasteiger partial charge in [-0.1, -0.05) is 53.5 Å². The monoisotopic (exact) mass is 407 g/mol. The van der Waals surface area contributed by atoms with Crippen LogP contribution < -0.4 is 5.56 Å².